The molecule has 0 unspecified atom stereocenters. The van der Waals surface area contributed by atoms with Crippen LogP contribution >= 0.6 is 11.3 Å². The van der Waals surface area contributed by atoms with E-state index in [1.165, 1.54) is 48.0 Å². The topological polar surface area (TPSA) is 12.9 Å². The SMILES string of the molecule is CCC[CH2][Sn]([CH2]CCC)([CH2]CCC)[CH2]c1nccs1. The summed E-state index contributed by atoms with van der Waals surface area (Å²) in [7, 11) is 0. The Labute approximate surface area is 128 Å². The van der Waals surface area contributed by atoms with Crippen molar-refractivity contribution < 1.29 is 0 Å². The molecule has 0 bridgehead atoms. The van der Waals surface area contributed by atoms with Gasteiger partial charge in [-0.1, -0.05) is 0 Å². The molecule has 0 radical (unpaired) electrons. The van der Waals surface area contributed by atoms with E-state index in [9.17, 15) is 0 Å². The van der Waals surface area contributed by atoms with Crippen LogP contribution in [0, 0.1) is 0 Å². The van der Waals surface area contributed by atoms with Crippen LogP contribution in [0.4, 0.5) is 0 Å². The van der Waals surface area contributed by atoms with E-state index in [2.05, 4.69) is 31.1 Å². The van der Waals surface area contributed by atoms with Gasteiger partial charge in [0.15, 0.2) is 0 Å². The summed E-state index contributed by atoms with van der Waals surface area (Å²) in [6.07, 6.45) is 10.5. The molecule has 0 aliphatic heterocycles. The molecular weight excluding hydrogens is 357 g/mol. The summed E-state index contributed by atoms with van der Waals surface area (Å²) in [5.41, 5.74) is 0. The van der Waals surface area contributed by atoms with E-state index in [4.69, 9.17) is 0 Å². The van der Waals surface area contributed by atoms with Gasteiger partial charge in [0.1, 0.15) is 0 Å². The second-order valence-electron chi connectivity index (χ2n) is 5.91. The number of rotatable bonds is 11. The van der Waals surface area contributed by atoms with Gasteiger partial charge in [0.05, 0.1) is 0 Å². The van der Waals surface area contributed by atoms with Crippen LogP contribution in [0.5, 0.6) is 0 Å². The molecule has 1 aromatic heterocycles. The van der Waals surface area contributed by atoms with Crippen LogP contribution in [0.25, 0.3) is 0 Å². The van der Waals surface area contributed by atoms with Crippen LogP contribution in [0.3, 0.4) is 0 Å². The average Bonchev–Trinajstić information content (AvgIpc) is 2.93. The Balaban J connectivity index is 2.74. The molecule has 19 heavy (non-hydrogen) atoms. The third kappa shape index (κ3) is 6.61. The Kier molecular flexibility index (Phi) is 9.38. The molecule has 0 aromatic carbocycles. The second kappa shape index (κ2) is 10.2. The fraction of sp³-hybridized carbons (Fsp3) is 0.812. The van der Waals surface area contributed by atoms with E-state index in [0.717, 1.165) is 0 Å². The maximum absolute atomic E-state index is 4.60. The summed E-state index contributed by atoms with van der Waals surface area (Å²) in [6, 6.07) is 0. The molecule has 0 amide bonds. The third-order valence-corrected chi connectivity index (χ3v) is 20.9. The van der Waals surface area contributed by atoms with Crippen molar-refractivity contribution in [1.29, 1.82) is 0 Å². The van der Waals surface area contributed by atoms with Crippen molar-refractivity contribution in [3.63, 3.8) is 0 Å². The number of hydrogen-bond acceptors (Lipinski definition) is 2. The molecule has 0 aliphatic carbocycles. The van der Waals surface area contributed by atoms with Gasteiger partial charge in [0.2, 0.25) is 0 Å². The van der Waals surface area contributed by atoms with Crippen molar-refractivity contribution in [2.75, 3.05) is 0 Å². The van der Waals surface area contributed by atoms with Gasteiger partial charge in [-0.05, 0) is 0 Å². The summed E-state index contributed by atoms with van der Waals surface area (Å²) >= 11 is -0.0646. The quantitative estimate of drug-likeness (QED) is 0.419. The normalized spacial score (nSPS) is 11.9. The Hall–Kier alpha value is 0.429. The molecule has 110 valence electrons. The zero-order valence-corrected chi connectivity index (χ0v) is 16.8. The minimum absolute atomic E-state index is 1.37. The Morgan fingerprint density at radius 1 is 0.947 bits per heavy atom. The monoisotopic (exact) mass is 389 g/mol. The van der Waals surface area contributed by atoms with Crippen molar-refractivity contribution in [3.05, 3.63) is 16.6 Å². The molecular formula is C16H31NSSn. The molecule has 0 fully saturated rings. The molecule has 1 rings (SSSR count). The fourth-order valence-electron chi connectivity index (χ4n) is 2.96. The molecule has 0 N–H and O–H groups in total. The molecule has 0 saturated heterocycles. The number of unbranched alkanes of at least 4 members (excludes halogenated alkanes) is 3. The maximum atomic E-state index is 4.60. The van der Waals surface area contributed by atoms with Gasteiger partial charge in [-0.15, -0.1) is 0 Å². The van der Waals surface area contributed by atoms with Gasteiger partial charge < -0.3 is 0 Å². The first-order chi connectivity index (χ1) is 9.26. The minimum atomic E-state index is -1.96. The Morgan fingerprint density at radius 3 is 1.84 bits per heavy atom. The van der Waals surface area contributed by atoms with Gasteiger partial charge in [-0.3, -0.25) is 0 Å². The molecule has 1 nitrogen and oxygen atoms in total. The first kappa shape index (κ1) is 17.5. The molecule has 0 saturated carbocycles. The molecule has 0 aliphatic rings. The predicted molar refractivity (Wildman–Crippen MR) is 90.7 cm³/mol. The number of aromatic nitrogens is 1. The van der Waals surface area contributed by atoms with Gasteiger partial charge in [0.25, 0.3) is 0 Å². The van der Waals surface area contributed by atoms with E-state index in [0.29, 0.717) is 0 Å². The first-order valence-electron chi connectivity index (χ1n) is 8.14. The van der Waals surface area contributed by atoms with Crippen molar-refractivity contribution in [2.45, 2.75) is 77.0 Å². The van der Waals surface area contributed by atoms with Crippen molar-refractivity contribution in [2.24, 2.45) is 0 Å². The standard InChI is InChI=1S/C4H4NS.3C4H9.Sn/c1-4-5-2-3-6-4;3*1-3-4-2;/h2-3H,1H2;3*1,3-4H2,2H3;. The van der Waals surface area contributed by atoms with E-state index in [1.807, 2.05) is 17.5 Å². The predicted octanol–water partition coefficient (Wildman–Crippen LogP) is 6.07. The zero-order chi connectivity index (χ0) is 14.0. The molecule has 1 aromatic rings. The molecule has 0 atom stereocenters. The van der Waals surface area contributed by atoms with Gasteiger partial charge in [-0.2, -0.15) is 0 Å². The summed E-state index contributed by atoms with van der Waals surface area (Å²) < 4.78 is 6.23. The van der Waals surface area contributed by atoms with Crippen molar-refractivity contribution in [3.8, 4) is 0 Å². The third-order valence-electron chi connectivity index (χ3n) is 4.19. The van der Waals surface area contributed by atoms with E-state index >= 15 is 0 Å². The van der Waals surface area contributed by atoms with E-state index in [-0.39, 0.29) is 0 Å². The summed E-state index contributed by atoms with van der Waals surface area (Å²) in [4.78, 5) is 4.60. The fourth-order valence-corrected chi connectivity index (χ4v) is 21.4. The number of hydrogen-bond donors (Lipinski definition) is 0. The van der Waals surface area contributed by atoms with E-state index < -0.39 is 18.4 Å². The van der Waals surface area contributed by atoms with Crippen molar-refractivity contribution >= 4 is 29.7 Å². The van der Waals surface area contributed by atoms with Gasteiger partial charge in [-0.25, -0.2) is 0 Å². The number of nitrogens with zero attached hydrogens (tertiary/aromatic N) is 1. The Morgan fingerprint density at radius 2 is 1.47 bits per heavy atom. The van der Waals surface area contributed by atoms with Gasteiger partial charge in [0, 0.05) is 0 Å². The van der Waals surface area contributed by atoms with Gasteiger partial charge >= 0.3 is 128 Å². The van der Waals surface area contributed by atoms with Crippen LogP contribution in [-0.4, -0.2) is 23.4 Å². The van der Waals surface area contributed by atoms with E-state index in [1.54, 1.807) is 13.3 Å². The molecule has 1 heterocycles. The number of thiazole rings is 1. The first-order valence-corrected chi connectivity index (χ1v) is 17.1. The van der Waals surface area contributed by atoms with Crippen LogP contribution in [0.2, 0.25) is 13.3 Å². The van der Waals surface area contributed by atoms with Crippen LogP contribution in [0.1, 0.15) is 64.3 Å². The average molecular weight is 388 g/mol. The van der Waals surface area contributed by atoms with Crippen LogP contribution in [0.15, 0.2) is 11.6 Å². The molecule has 3 heteroatoms. The van der Waals surface area contributed by atoms with Crippen LogP contribution < -0.4 is 0 Å². The Bertz CT molecular complexity index is 289. The summed E-state index contributed by atoms with van der Waals surface area (Å²) in [6.45, 7) is 7.04. The van der Waals surface area contributed by atoms with Crippen molar-refractivity contribution in [1.82, 2.24) is 4.98 Å². The second-order valence-corrected chi connectivity index (χ2v) is 20.7. The van der Waals surface area contributed by atoms with Crippen LogP contribution in [-0.2, 0) is 4.44 Å². The zero-order valence-electron chi connectivity index (χ0n) is 13.1. The summed E-state index contributed by atoms with van der Waals surface area (Å²) in [5, 5.41) is 3.60. The molecule has 0 spiro atoms. The summed E-state index contributed by atoms with van der Waals surface area (Å²) in [5.74, 6) is 0.